The van der Waals surface area contributed by atoms with Crippen molar-refractivity contribution in [3.63, 3.8) is 0 Å². The lowest BCUT2D eigenvalue weighted by molar-refractivity contribution is -0.146. The third kappa shape index (κ3) is 5.58. The zero-order valence-corrected chi connectivity index (χ0v) is 22.6. The van der Waals surface area contributed by atoms with Crippen LogP contribution in [0.2, 0.25) is 0 Å². The summed E-state index contributed by atoms with van der Waals surface area (Å²) in [5.41, 5.74) is 5.80. The van der Waals surface area contributed by atoms with Gasteiger partial charge in [0.2, 0.25) is 0 Å². The van der Waals surface area contributed by atoms with Gasteiger partial charge in [-0.25, -0.2) is 4.79 Å². The number of nitrogens with zero attached hydrogens (tertiary/aromatic N) is 2. The number of aryl methyl sites for hydroxylation is 1. The Balaban J connectivity index is 1.26. The molecule has 3 aromatic carbocycles. The SMILES string of the molecule is CCOC(=O)C1(c2ccc(-c3ccc(-c4onc(C)c4NC(=O)N(C)CCc4ccccc4)cc3)cc2)CC1. The van der Waals surface area contributed by atoms with Crippen molar-refractivity contribution in [2.24, 2.45) is 0 Å². The summed E-state index contributed by atoms with van der Waals surface area (Å²) in [5.74, 6) is 0.388. The average molecular weight is 524 g/mol. The molecule has 0 atom stereocenters. The van der Waals surface area contributed by atoms with Crippen LogP contribution in [0.25, 0.3) is 22.5 Å². The van der Waals surface area contributed by atoms with Crippen molar-refractivity contribution in [1.82, 2.24) is 10.1 Å². The standard InChI is InChI=1S/C32H33N3O4/c1-4-38-30(36)32(19-20-32)27-16-14-25(15-17-27)24-10-12-26(13-11-24)29-28(22(2)34-39-29)33-31(37)35(3)21-18-23-8-6-5-7-9-23/h5-17H,4,18-21H2,1-3H3,(H,33,37). The first kappa shape index (κ1) is 26.2. The summed E-state index contributed by atoms with van der Waals surface area (Å²) in [4.78, 5) is 27.0. The monoisotopic (exact) mass is 523 g/mol. The van der Waals surface area contributed by atoms with E-state index in [2.05, 4.69) is 22.6 Å². The number of esters is 1. The van der Waals surface area contributed by atoms with Gasteiger partial charge in [-0.05, 0) is 55.4 Å². The Morgan fingerprint density at radius 2 is 1.56 bits per heavy atom. The second-order valence-corrected chi connectivity index (χ2v) is 10.0. The highest BCUT2D eigenvalue weighted by Gasteiger charge is 2.52. The van der Waals surface area contributed by atoms with E-state index in [1.54, 1.807) is 11.9 Å². The molecule has 1 fully saturated rings. The lowest BCUT2D eigenvalue weighted by Crippen LogP contribution is -2.33. The molecule has 7 nitrogen and oxygen atoms in total. The number of anilines is 1. The van der Waals surface area contributed by atoms with Crippen molar-refractivity contribution >= 4 is 17.7 Å². The summed E-state index contributed by atoms with van der Waals surface area (Å²) >= 11 is 0. The molecule has 1 saturated carbocycles. The maximum atomic E-state index is 12.9. The largest absolute Gasteiger partial charge is 0.465 e. The molecule has 0 saturated heterocycles. The first-order valence-corrected chi connectivity index (χ1v) is 13.3. The number of hydrogen-bond acceptors (Lipinski definition) is 5. The van der Waals surface area contributed by atoms with Gasteiger partial charge in [-0.2, -0.15) is 0 Å². The molecule has 1 heterocycles. The Labute approximate surface area is 228 Å². The molecule has 7 heteroatoms. The molecule has 0 spiro atoms. The maximum absolute atomic E-state index is 12.9. The number of rotatable bonds is 9. The van der Waals surface area contributed by atoms with Gasteiger partial charge < -0.3 is 19.5 Å². The first-order valence-electron chi connectivity index (χ1n) is 13.3. The predicted octanol–water partition coefficient (Wildman–Crippen LogP) is 6.62. The van der Waals surface area contributed by atoms with E-state index in [4.69, 9.17) is 9.26 Å². The molecule has 5 rings (SSSR count). The van der Waals surface area contributed by atoms with E-state index in [9.17, 15) is 9.59 Å². The molecule has 39 heavy (non-hydrogen) atoms. The Hall–Kier alpha value is -4.39. The van der Waals surface area contributed by atoms with Crippen LogP contribution < -0.4 is 5.32 Å². The number of carbonyl (C=O) groups excluding carboxylic acids is 2. The van der Waals surface area contributed by atoms with Crippen LogP contribution in [0.1, 0.15) is 36.6 Å². The Kier molecular flexibility index (Phi) is 7.50. The van der Waals surface area contributed by atoms with Crippen LogP contribution in [0.15, 0.2) is 83.4 Å². The molecule has 1 N–H and O–H groups in total. The second kappa shape index (κ2) is 11.2. The third-order valence-corrected chi connectivity index (χ3v) is 7.35. The summed E-state index contributed by atoms with van der Waals surface area (Å²) in [6, 6.07) is 25.9. The molecule has 1 aliphatic rings. The molecule has 0 unspecified atom stereocenters. The molecule has 1 aromatic heterocycles. The van der Waals surface area contributed by atoms with E-state index >= 15 is 0 Å². The van der Waals surface area contributed by atoms with Crippen molar-refractivity contribution in [2.75, 3.05) is 25.5 Å². The number of aromatic nitrogens is 1. The van der Waals surface area contributed by atoms with Crippen LogP contribution >= 0.6 is 0 Å². The van der Waals surface area contributed by atoms with Gasteiger partial charge in [0.05, 0.1) is 12.0 Å². The van der Waals surface area contributed by atoms with Gasteiger partial charge in [-0.15, -0.1) is 0 Å². The first-order chi connectivity index (χ1) is 18.9. The van der Waals surface area contributed by atoms with Gasteiger partial charge >= 0.3 is 12.0 Å². The summed E-state index contributed by atoms with van der Waals surface area (Å²) in [6.07, 6.45) is 2.43. The topological polar surface area (TPSA) is 84.7 Å². The quantitative estimate of drug-likeness (QED) is 0.249. The maximum Gasteiger partial charge on any atom is 0.321 e. The van der Waals surface area contributed by atoms with E-state index in [1.807, 2.05) is 80.6 Å². The zero-order chi connectivity index (χ0) is 27.4. The number of ether oxygens (including phenoxy) is 1. The molecule has 4 aromatic rings. The molecule has 2 amide bonds. The van der Waals surface area contributed by atoms with Crippen LogP contribution in [-0.2, 0) is 21.4 Å². The minimum absolute atomic E-state index is 0.130. The average Bonchev–Trinajstić information content (AvgIpc) is 3.71. The number of hydrogen-bond donors (Lipinski definition) is 1. The normalized spacial score (nSPS) is 13.5. The summed E-state index contributed by atoms with van der Waals surface area (Å²) < 4.78 is 10.9. The van der Waals surface area contributed by atoms with Crippen LogP contribution in [0.3, 0.4) is 0 Å². The summed E-state index contributed by atoms with van der Waals surface area (Å²) in [7, 11) is 1.78. The van der Waals surface area contributed by atoms with Gasteiger partial charge in [0.25, 0.3) is 0 Å². The second-order valence-electron chi connectivity index (χ2n) is 10.0. The third-order valence-electron chi connectivity index (χ3n) is 7.35. The number of benzene rings is 3. The Morgan fingerprint density at radius 1 is 0.949 bits per heavy atom. The van der Waals surface area contributed by atoms with Gasteiger partial charge in [0.1, 0.15) is 11.4 Å². The Morgan fingerprint density at radius 3 is 2.18 bits per heavy atom. The van der Waals surface area contributed by atoms with E-state index in [0.717, 1.165) is 41.5 Å². The van der Waals surface area contributed by atoms with Crippen LogP contribution in [0.4, 0.5) is 10.5 Å². The highest BCUT2D eigenvalue weighted by Crippen LogP contribution is 2.49. The number of amides is 2. The van der Waals surface area contributed by atoms with Crippen LogP contribution in [0.5, 0.6) is 0 Å². The minimum atomic E-state index is -0.473. The van der Waals surface area contributed by atoms with E-state index in [-0.39, 0.29) is 12.0 Å². The van der Waals surface area contributed by atoms with E-state index in [0.29, 0.717) is 30.3 Å². The van der Waals surface area contributed by atoms with Crippen LogP contribution in [-0.4, -0.2) is 42.3 Å². The summed E-state index contributed by atoms with van der Waals surface area (Å²) in [6.45, 7) is 4.63. The number of nitrogens with one attached hydrogen (secondary N) is 1. The van der Waals surface area contributed by atoms with Gasteiger partial charge in [0.15, 0.2) is 5.76 Å². The van der Waals surface area contributed by atoms with Gasteiger partial charge in [0, 0.05) is 19.2 Å². The Bertz CT molecular complexity index is 1440. The van der Waals surface area contributed by atoms with Crippen molar-refractivity contribution in [3.05, 3.63) is 95.7 Å². The van der Waals surface area contributed by atoms with Crippen LogP contribution in [0, 0.1) is 6.92 Å². The molecule has 0 bridgehead atoms. The molecule has 0 aliphatic heterocycles. The molecule has 0 radical (unpaired) electrons. The number of likely N-dealkylation sites (N-methyl/N-ethyl adjacent to an activating group) is 1. The molecule has 200 valence electrons. The molecule has 1 aliphatic carbocycles. The highest BCUT2D eigenvalue weighted by atomic mass is 16.5. The fourth-order valence-electron chi connectivity index (χ4n) is 4.76. The van der Waals surface area contributed by atoms with Crippen molar-refractivity contribution in [2.45, 2.75) is 38.5 Å². The molecular formula is C32H33N3O4. The van der Waals surface area contributed by atoms with E-state index in [1.165, 1.54) is 5.56 Å². The highest BCUT2D eigenvalue weighted by molar-refractivity contribution is 5.94. The van der Waals surface area contributed by atoms with E-state index < -0.39 is 5.41 Å². The van der Waals surface area contributed by atoms with Gasteiger partial charge in [-0.1, -0.05) is 84.0 Å². The fourth-order valence-corrected chi connectivity index (χ4v) is 4.76. The van der Waals surface area contributed by atoms with Gasteiger partial charge in [-0.3, -0.25) is 4.79 Å². The number of urea groups is 1. The van der Waals surface area contributed by atoms with Crippen molar-refractivity contribution in [3.8, 4) is 22.5 Å². The smallest absolute Gasteiger partial charge is 0.321 e. The zero-order valence-electron chi connectivity index (χ0n) is 22.6. The predicted molar refractivity (Wildman–Crippen MR) is 151 cm³/mol. The fraction of sp³-hybridized carbons (Fsp3) is 0.281. The van der Waals surface area contributed by atoms with Crippen molar-refractivity contribution in [1.29, 1.82) is 0 Å². The molecular weight excluding hydrogens is 490 g/mol. The lowest BCUT2D eigenvalue weighted by atomic mass is 9.93. The lowest BCUT2D eigenvalue weighted by Gasteiger charge is -2.18. The number of carbonyl (C=O) groups is 2. The summed E-state index contributed by atoms with van der Waals surface area (Å²) in [5, 5.41) is 7.08. The minimum Gasteiger partial charge on any atom is -0.465 e. The van der Waals surface area contributed by atoms with Crippen molar-refractivity contribution < 1.29 is 18.8 Å².